The number of nitrogens with zero attached hydrogens (tertiary/aromatic N) is 1. The van der Waals surface area contributed by atoms with E-state index >= 15 is 0 Å². The lowest BCUT2D eigenvalue weighted by molar-refractivity contribution is 0.0111. The van der Waals surface area contributed by atoms with Crippen LogP contribution in [-0.2, 0) is 4.74 Å². The average Bonchev–Trinajstić information content (AvgIpc) is 2.64. The van der Waals surface area contributed by atoms with E-state index in [1.165, 1.54) is 19.3 Å². The molecule has 1 heterocycles. The van der Waals surface area contributed by atoms with Gasteiger partial charge in [-0.15, -0.1) is 0 Å². The lowest BCUT2D eigenvalue weighted by Crippen LogP contribution is -2.47. The minimum Gasteiger partial charge on any atom is -0.444 e. The molecule has 1 aliphatic carbocycles. The molecule has 1 saturated carbocycles. The first-order valence-corrected chi connectivity index (χ1v) is 7.14. The number of hydrogen-bond acceptors (Lipinski definition) is 3. The molecule has 1 saturated heterocycles. The SMILES string of the molecule is CC(C)(C)OC(=O)N1C2CCCCC2C[C@H]1CN. The quantitative estimate of drug-likeness (QED) is 0.782. The highest BCUT2D eigenvalue weighted by molar-refractivity contribution is 5.69. The van der Waals surface area contributed by atoms with Crippen LogP contribution in [0.15, 0.2) is 0 Å². The van der Waals surface area contributed by atoms with E-state index in [-0.39, 0.29) is 12.1 Å². The van der Waals surface area contributed by atoms with Crippen molar-refractivity contribution in [3.8, 4) is 0 Å². The summed E-state index contributed by atoms with van der Waals surface area (Å²) in [5.74, 6) is 0.639. The van der Waals surface area contributed by atoms with Gasteiger partial charge < -0.3 is 15.4 Å². The van der Waals surface area contributed by atoms with Crippen molar-refractivity contribution in [1.29, 1.82) is 0 Å². The molecule has 4 heteroatoms. The number of ether oxygens (including phenoxy) is 1. The summed E-state index contributed by atoms with van der Waals surface area (Å²) in [6, 6.07) is 0.537. The molecule has 104 valence electrons. The van der Waals surface area contributed by atoms with E-state index in [1.54, 1.807) is 0 Å². The lowest BCUT2D eigenvalue weighted by Gasteiger charge is -2.35. The standard InChI is InChI=1S/C14H26N2O2/c1-14(2,3)18-13(17)16-11(9-15)8-10-6-4-5-7-12(10)16/h10-12H,4-9,15H2,1-3H3/t10?,11-,12?/m0/s1. The van der Waals surface area contributed by atoms with Gasteiger partial charge >= 0.3 is 6.09 Å². The van der Waals surface area contributed by atoms with Gasteiger partial charge in [0.25, 0.3) is 0 Å². The van der Waals surface area contributed by atoms with Gasteiger partial charge in [0.15, 0.2) is 0 Å². The fourth-order valence-electron chi connectivity index (χ4n) is 3.37. The third-order valence-corrected chi connectivity index (χ3v) is 4.07. The van der Waals surface area contributed by atoms with Gasteiger partial charge in [0.2, 0.25) is 0 Å². The summed E-state index contributed by atoms with van der Waals surface area (Å²) in [7, 11) is 0. The van der Waals surface area contributed by atoms with Crippen molar-refractivity contribution in [3.63, 3.8) is 0 Å². The molecule has 1 aliphatic heterocycles. The summed E-state index contributed by atoms with van der Waals surface area (Å²) in [5.41, 5.74) is 5.40. The maximum Gasteiger partial charge on any atom is 0.410 e. The number of likely N-dealkylation sites (tertiary alicyclic amines) is 1. The number of carbonyl (C=O) groups excluding carboxylic acids is 1. The molecule has 4 nitrogen and oxygen atoms in total. The molecule has 0 aromatic heterocycles. The van der Waals surface area contributed by atoms with Crippen molar-refractivity contribution in [2.24, 2.45) is 11.7 Å². The topological polar surface area (TPSA) is 55.6 Å². The van der Waals surface area contributed by atoms with Crippen molar-refractivity contribution >= 4 is 6.09 Å². The number of hydrogen-bond donors (Lipinski definition) is 1. The number of amides is 1. The number of nitrogens with two attached hydrogens (primary N) is 1. The van der Waals surface area contributed by atoms with E-state index in [0.29, 0.717) is 18.5 Å². The highest BCUT2D eigenvalue weighted by Gasteiger charge is 2.45. The molecule has 2 aliphatic rings. The minimum atomic E-state index is -0.428. The van der Waals surface area contributed by atoms with E-state index in [4.69, 9.17) is 10.5 Å². The van der Waals surface area contributed by atoms with Crippen LogP contribution in [0.5, 0.6) is 0 Å². The molecule has 2 rings (SSSR count). The second kappa shape index (κ2) is 5.08. The monoisotopic (exact) mass is 254 g/mol. The van der Waals surface area contributed by atoms with Crippen LogP contribution in [0.25, 0.3) is 0 Å². The fourth-order valence-corrected chi connectivity index (χ4v) is 3.37. The molecule has 1 amide bonds. The lowest BCUT2D eigenvalue weighted by atomic mass is 9.85. The first-order chi connectivity index (χ1) is 8.42. The summed E-state index contributed by atoms with van der Waals surface area (Å²) >= 11 is 0. The van der Waals surface area contributed by atoms with E-state index in [9.17, 15) is 4.79 Å². The summed E-state index contributed by atoms with van der Waals surface area (Å²) in [6.45, 7) is 6.29. The Kier molecular flexibility index (Phi) is 3.85. The molecular formula is C14H26N2O2. The Balaban J connectivity index is 2.10. The maximum atomic E-state index is 12.3. The van der Waals surface area contributed by atoms with Crippen molar-refractivity contribution < 1.29 is 9.53 Å². The largest absolute Gasteiger partial charge is 0.444 e. The van der Waals surface area contributed by atoms with E-state index in [1.807, 2.05) is 25.7 Å². The third-order valence-electron chi connectivity index (χ3n) is 4.07. The molecule has 2 fully saturated rings. The molecule has 0 aromatic rings. The Morgan fingerprint density at radius 3 is 2.61 bits per heavy atom. The first kappa shape index (κ1) is 13.7. The molecule has 0 radical (unpaired) electrons. The van der Waals surface area contributed by atoms with E-state index in [2.05, 4.69) is 0 Å². The zero-order valence-corrected chi connectivity index (χ0v) is 11.8. The molecule has 2 unspecified atom stereocenters. The van der Waals surface area contributed by atoms with Gasteiger partial charge in [0.1, 0.15) is 5.60 Å². The predicted octanol–water partition coefficient (Wildman–Crippen LogP) is 2.51. The van der Waals surface area contributed by atoms with Crippen LogP contribution in [-0.4, -0.2) is 35.2 Å². The van der Waals surface area contributed by atoms with Crippen molar-refractivity contribution in [2.75, 3.05) is 6.54 Å². The average molecular weight is 254 g/mol. The Hall–Kier alpha value is -0.770. The van der Waals surface area contributed by atoms with Crippen LogP contribution in [0.2, 0.25) is 0 Å². The van der Waals surface area contributed by atoms with Crippen molar-refractivity contribution in [3.05, 3.63) is 0 Å². The van der Waals surface area contributed by atoms with Crippen molar-refractivity contribution in [2.45, 2.75) is 70.6 Å². The van der Waals surface area contributed by atoms with E-state index in [0.717, 1.165) is 12.8 Å². The number of rotatable bonds is 1. The predicted molar refractivity (Wildman–Crippen MR) is 71.3 cm³/mol. The van der Waals surface area contributed by atoms with E-state index < -0.39 is 5.60 Å². The second-order valence-electron chi connectivity index (χ2n) is 6.62. The van der Waals surface area contributed by atoms with Gasteiger partial charge in [0, 0.05) is 18.6 Å². The molecular weight excluding hydrogens is 228 g/mol. The maximum absolute atomic E-state index is 12.3. The molecule has 0 bridgehead atoms. The Morgan fingerprint density at radius 2 is 2.00 bits per heavy atom. The Labute approximate surface area is 110 Å². The molecule has 18 heavy (non-hydrogen) atoms. The number of carbonyl (C=O) groups is 1. The summed E-state index contributed by atoms with van der Waals surface area (Å²) in [6.07, 6.45) is 5.74. The zero-order valence-electron chi connectivity index (χ0n) is 11.8. The van der Waals surface area contributed by atoms with Crippen LogP contribution in [0.1, 0.15) is 52.9 Å². The highest BCUT2D eigenvalue weighted by atomic mass is 16.6. The van der Waals surface area contributed by atoms with Gasteiger partial charge in [-0.1, -0.05) is 12.8 Å². The van der Waals surface area contributed by atoms with Gasteiger partial charge in [-0.05, 0) is 46.0 Å². The van der Waals surface area contributed by atoms with Crippen LogP contribution < -0.4 is 5.73 Å². The van der Waals surface area contributed by atoms with Crippen LogP contribution in [0.3, 0.4) is 0 Å². The summed E-state index contributed by atoms with van der Waals surface area (Å²) in [4.78, 5) is 14.3. The summed E-state index contributed by atoms with van der Waals surface area (Å²) < 4.78 is 5.53. The summed E-state index contributed by atoms with van der Waals surface area (Å²) in [5, 5.41) is 0. The van der Waals surface area contributed by atoms with Crippen molar-refractivity contribution in [1.82, 2.24) is 4.90 Å². The van der Waals surface area contributed by atoms with Gasteiger partial charge in [-0.3, -0.25) is 0 Å². The first-order valence-electron chi connectivity index (χ1n) is 7.14. The van der Waals surface area contributed by atoms with Gasteiger partial charge in [-0.2, -0.15) is 0 Å². The second-order valence-corrected chi connectivity index (χ2v) is 6.62. The smallest absolute Gasteiger partial charge is 0.410 e. The highest BCUT2D eigenvalue weighted by Crippen LogP contribution is 2.40. The molecule has 0 aromatic carbocycles. The normalized spacial score (nSPS) is 32.2. The van der Waals surface area contributed by atoms with Crippen LogP contribution in [0.4, 0.5) is 4.79 Å². The van der Waals surface area contributed by atoms with Gasteiger partial charge in [-0.25, -0.2) is 4.79 Å². The van der Waals surface area contributed by atoms with Gasteiger partial charge in [0.05, 0.1) is 0 Å². The third kappa shape index (κ3) is 2.79. The Bertz CT molecular complexity index is 311. The Morgan fingerprint density at radius 1 is 1.33 bits per heavy atom. The minimum absolute atomic E-state index is 0.174. The number of fused-ring (bicyclic) bond motifs is 1. The fraction of sp³-hybridized carbons (Fsp3) is 0.929. The molecule has 0 spiro atoms. The zero-order chi connectivity index (χ0) is 13.3. The molecule has 2 N–H and O–H groups in total. The van der Waals surface area contributed by atoms with Crippen LogP contribution >= 0.6 is 0 Å². The van der Waals surface area contributed by atoms with Crippen LogP contribution in [0, 0.1) is 5.92 Å². The molecule has 3 atom stereocenters.